The lowest BCUT2D eigenvalue weighted by molar-refractivity contribution is -0.134. The highest BCUT2D eigenvalue weighted by molar-refractivity contribution is 5.95. The maximum Gasteiger partial charge on any atom is 0.243 e. The number of amides is 3. The predicted molar refractivity (Wildman–Crippen MR) is 165 cm³/mol. The van der Waals surface area contributed by atoms with E-state index in [1.54, 1.807) is 0 Å². The Balaban J connectivity index is 1.77. The summed E-state index contributed by atoms with van der Waals surface area (Å²) in [6.45, 7) is 0.320. The minimum atomic E-state index is -0.883. The molecule has 232 valence electrons. The van der Waals surface area contributed by atoms with Crippen molar-refractivity contribution in [3.05, 3.63) is 35.4 Å². The summed E-state index contributed by atoms with van der Waals surface area (Å²) in [5.41, 5.74) is 23.7. The van der Waals surface area contributed by atoms with Gasteiger partial charge in [0.25, 0.3) is 0 Å². The van der Waals surface area contributed by atoms with Gasteiger partial charge < -0.3 is 33.6 Å². The molecule has 0 spiro atoms. The van der Waals surface area contributed by atoms with E-state index in [0.717, 1.165) is 56.9 Å². The second kappa shape index (κ2) is 16.7. The molecular weight excluding hydrogens is 532 g/mol. The molecule has 3 rings (SSSR count). The lowest BCUT2D eigenvalue weighted by Crippen LogP contribution is -2.55. The molecule has 0 radical (unpaired) electrons. The highest BCUT2D eigenvalue weighted by Crippen LogP contribution is 2.33. The van der Waals surface area contributed by atoms with Crippen LogP contribution in [-0.2, 0) is 20.8 Å². The molecule has 11 heteroatoms. The van der Waals surface area contributed by atoms with Crippen molar-refractivity contribution in [1.29, 1.82) is 5.41 Å². The van der Waals surface area contributed by atoms with E-state index >= 15 is 0 Å². The van der Waals surface area contributed by atoms with Crippen molar-refractivity contribution in [3.63, 3.8) is 0 Å². The van der Waals surface area contributed by atoms with Gasteiger partial charge in [-0.15, -0.1) is 0 Å². The second-order valence-corrected chi connectivity index (χ2v) is 12.0. The smallest absolute Gasteiger partial charge is 0.243 e. The third kappa shape index (κ3) is 10.6. The van der Waals surface area contributed by atoms with Crippen molar-refractivity contribution in [2.45, 2.75) is 102 Å². The molecule has 1 aromatic carbocycles. The van der Waals surface area contributed by atoms with Gasteiger partial charge in [0.15, 0.2) is 5.96 Å². The van der Waals surface area contributed by atoms with Crippen LogP contribution in [0.5, 0.6) is 0 Å². The van der Waals surface area contributed by atoms with Crippen molar-refractivity contribution >= 4 is 29.5 Å². The van der Waals surface area contributed by atoms with Gasteiger partial charge >= 0.3 is 0 Å². The standard InChI is InChI=1S/C31H50N8O3/c32-27(33)23-15-13-21(14-16-23)18-24(22-10-5-2-6-11-22)29(41)39-26(19-20-8-3-1-4-9-20)30(42)38-25(28(34)40)12-7-17-37-31(35)36/h13-16,20,22,24-26H,1-12,17-19H2,(H3,32,33)(H2,34,40)(H,38,42)(H,39,41)(H4,35,36,37)/t24?,25-,26-/m0/s1. The van der Waals surface area contributed by atoms with Crippen LogP contribution >= 0.6 is 0 Å². The van der Waals surface area contributed by atoms with E-state index in [-0.39, 0.29) is 35.4 Å². The number of aliphatic imine (C=N–C) groups is 1. The van der Waals surface area contributed by atoms with Gasteiger partial charge in [-0.25, -0.2) is 0 Å². The van der Waals surface area contributed by atoms with Gasteiger partial charge in [0.2, 0.25) is 17.7 Å². The number of nitrogens with one attached hydrogen (secondary N) is 3. The average Bonchev–Trinajstić information content (AvgIpc) is 2.97. The van der Waals surface area contributed by atoms with E-state index in [2.05, 4.69) is 15.6 Å². The highest BCUT2D eigenvalue weighted by Gasteiger charge is 2.34. The zero-order valence-electron chi connectivity index (χ0n) is 24.8. The fraction of sp³-hybridized carbons (Fsp3) is 0.645. The van der Waals surface area contributed by atoms with Crippen molar-refractivity contribution in [2.75, 3.05) is 6.54 Å². The Labute approximate surface area is 249 Å². The molecule has 0 heterocycles. The second-order valence-electron chi connectivity index (χ2n) is 12.0. The molecule has 1 unspecified atom stereocenters. The Morgan fingerprint density at radius 1 is 0.833 bits per heavy atom. The number of primary amides is 1. The number of nitrogen functional groups attached to an aromatic ring is 1. The molecule has 3 amide bonds. The van der Waals surface area contributed by atoms with Crippen molar-refractivity contribution in [3.8, 4) is 0 Å². The first-order valence-corrected chi connectivity index (χ1v) is 15.5. The summed E-state index contributed by atoms with van der Waals surface area (Å²) >= 11 is 0. The Bertz CT molecular complexity index is 1070. The molecule has 0 aliphatic heterocycles. The average molecular weight is 583 g/mol. The van der Waals surface area contributed by atoms with Gasteiger partial charge in [0.1, 0.15) is 17.9 Å². The lowest BCUT2D eigenvalue weighted by Gasteiger charge is -2.32. The number of nitrogens with zero attached hydrogens (tertiary/aromatic N) is 1. The SMILES string of the molecule is N=C(N)c1ccc(CC(C(=O)N[C@@H](CC2CCCCC2)C(=O)N[C@@H](CCCN=C(N)N)C(N)=O)C2CCCCC2)cc1. The Kier molecular flexibility index (Phi) is 13.1. The Morgan fingerprint density at radius 2 is 1.43 bits per heavy atom. The van der Waals surface area contributed by atoms with E-state index in [0.29, 0.717) is 43.7 Å². The van der Waals surface area contributed by atoms with Crippen LogP contribution in [0.1, 0.15) is 94.6 Å². The maximum absolute atomic E-state index is 14.0. The number of rotatable bonds is 15. The summed E-state index contributed by atoms with van der Waals surface area (Å²) in [6.07, 6.45) is 12.6. The van der Waals surface area contributed by atoms with Crippen LogP contribution in [0.3, 0.4) is 0 Å². The van der Waals surface area contributed by atoms with Crippen LogP contribution in [0.15, 0.2) is 29.3 Å². The quantitative estimate of drug-likeness (QED) is 0.0933. The monoisotopic (exact) mass is 582 g/mol. The minimum absolute atomic E-state index is 0.00481. The molecule has 2 saturated carbocycles. The molecule has 2 aliphatic rings. The van der Waals surface area contributed by atoms with E-state index in [9.17, 15) is 14.4 Å². The number of hydrogen-bond acceptors (Lipinski definition) is 5. The molecular formula is C31H50N8O3. The first-order valence-electron chi connectivity index (χ1n) is 15.5. The molecule has 3 atom stereocenters. The molecule has 2 fully saturated rings. The van der Waals surface area contributed by atoms with Crippen LogP contribution < -0.4 is 33.6 Å². The fourth-order valence-corrected chi connectivity index (χ4v) is 6.41. The largest absolute Gasteiger partial charge is 0.384 e. The molecule has 11 N–H and O–H groups in total. The number of guanidine groups is 1. The van der Waals surface area contributed by atoms with Gasteiger partial charge in [0.05, 0.1) is 0 Å². The number of carbonyl (C=O) groups excluding carboxylic acids is 3. The number of hydrogen-bond donors (Lipinski definition) is 7. The van der Waals surface area contributed by atoms with Crippen LogP contribution in [0.25, 0.3) is 0 Å². The van der Waals surface area contributed by atoms with Gasteiger partial charge in [0, 0.05) is 18.0 Å². The van der Waals surface area contributed by atoms with E-state index < -0.39 is 18.0 Å². The molecule has 11 nitrogen and oxygen atoms in total. The molecule has 42 heavy (non-hydrogen) atoms. The molecule has 2 aliphatic carbocycles. The number of carbonyl (C=O) groups is 3. The molecule has 1 aromatic rings. The van der Waals surface area contributed by atoms with E-state index in [4.69, 9.17) is 28.3 Å². The summed E-state index contributed by atoms with van der Waals surface area (Å²) < 4.78 is 0. The van der Waals surface area contributed by atoms with Crippen molar-refractivity contribution in [2.24, 2.45) is 45.7 Å². The van der Waals surface area contributed by atoms with E-state index in [1.165, 1.54) is 12.8 Å². The topological polar surface area (TPSA) is 216 Å². The number of nitrogens with two attached hydrogens (primary N) is 4. The van der Waals surface area contributed by atoms with Crippen LogP contribution in [0.4, 0.5) is 0 Å². The third-order valence-corrected chi connectivity index (χ3v) is 8.81. The molecule has 0 aromatic heterocycles. The fourth-order valence-electron chi connectivity index (χ4n) is 6.41. The van der Waals surface area contributed by atoms with Gasteiger partial charge in [-0.05, 0) is 55.9 Å². The normalized spacial score (nSPS) is 18.3. The first kappa shape index (κ1) is 32.9. The Morgan fingerprint density at radius 3 is 2.00 bits per heavy atom. The Hall–Kier alpha value is -3.63. The van der Waals surface area contributed by atoms with Crippen LogP contribution in [-0.4, -0.2) is 48.1 Å². The van der Waals surface area contributed by atoms with Gasteiger partial charge in [-0.1, -0.05) is 75.6 Å². The predicted octanol–water partition coefficient (Wildman–Crippen LogP) is 2.19. The first-order chi connectivity index (χ1) is 20.1. The summed E-state index contributed by atoms with van der Waals surface area (Å²) in [5, 5.41) is 13.6. The third-order valence-electron chi connectivity index (χ3n) is 8.81. The minimum Gasteiger partial charge on any atom is -0.384 e. The molecule has 0 bridgehead atoms. The van der Waals surface area contributed by atoms with Crippen molar-refractivity contribution in [1.82, 2.24) is 10.6 Å². The summed E-state index contributed by atoms with van der Waals surface area (Å²) in [5.74, 6) is -0.914. The summed E-state index contributed by atoms with van der Waals surface area (Å²) in [7, 11) is 0. The zero-order valence-corrected chi connectivity index (χ0v) is 24.8. The molecule has 0 saturated heterocycles. The van der Waals surface area contributed by atoms with Crippen LogP contribution in [0.2, 0.25) is 0 Å². The van der Waals surface area contributed by atoms with E-state index in [1.807, 2.05) is 24.3 Å². The highest BCUT2D eigenvalue weighted by atomic mass is 16.2. The summed E-state index contributed by atoms with van der Waals surface area (Å²) in [4.78, 5) is 43.8. The summed E-state index contributed by atoms with van der Waals surface area (Å²) in [6, 6.07) is 5.82. The number of amidine groups is 1. The van der Waals surface area contributed by atoms with Crippen LogP contribution in [0, 0.1) is 23.2 Å². The zero-order chi connectivity index (χ0) is 30.5. The van der Waals surface area contributed by atoms with Gasteiger partial charge in [-0.2, -0.15) is 0 Å². The van der Waals surface area contributed by atoms with Gasteiger partial charge in [-0.3, -0.25) is 24.8 Å². The van der Waals surface area contributed by atoms with Crippen molar-refractivity contribution < 1.29 is 14.4 Å². The lowest BCUT2D eigenvalue weighted by atomic mass is 9.76. The maximum atomic E-state index is 14.0. The number of benzene rings is 1.